The van der Waals surface area contributed by atoms with Gasteiger partial charge in [-0.3, -0.25) is 4.98 Å². The molecule has 0 unspecified atom stereocenters. The zero-order valence-corrected chi connectivity index (χ0v) is 11.6. The fourth-order valence-corrected chi connectivity index (χ4v) is 2.77. The van der Waals surface area contributed by atoms with Crippen LogP contribution in [0.25, 0.3) is 10.9 Å². The van der Waals surface area contributed by atoms with Crippen molar-refractivity contribution in [1.29, 1.82) is 0 Å². The summed E-state index contributed by atoms with van der Waals surface area (Å²) in [6, 6.07) is 10.3. The Kier molecular flexibility index (Phi) is 3.42. The Bertz CT molecular complexity index is 690. The van der Waals surface area contributed by atoms with Crippen molar-refractivity contribution in [2.24, 2.45) is 0 Å². The molecular weight excluding hydrogens is 254 g/mol. The van der Waals surface area contributed by atoms with E-state index in [-0.39, 0.29) is 0 Å². The van der Waals surface area contributed by atoms with Crippen molar-refractivity contribution in [3.8, 4) is 0 Å². The van der Waals surface area contributed by atoms with Gasteiger partial charge in [0.25, 0.3) is 0 Å². The Labute approximate surface area is 116 Å². The number of rotatable bonds is 4. The average molecular weight is 269 g/mol. The fraction of sp³-hybridized carbons (Fsp3) is 0.200. The van der Waals surface area contributed by atoms with Gasteiger partial charge >= 0.3 is 0 Å². The van der Waals surface area contributed by atoms with Gasteiger partial charge < -0.3 is 5.32 Å². The number of nitrogens with one attached hydrogen (secondary N) is 1. The summed E-state index contributed by atoms with van der Waals surface area (Å²) < 4.78 is 0. The number of fused-ring (bicyclic) bond motifs is 1. The molecule has 3 rings (SSSR count). The first-order valence-electron chi connectivity index (χ1n) is 6.37. The maximum Gasteiger partial charge on any atom is 0.0925 e. The van der Waals surface area contributed by atoms with E-state index in [1.54, 1.807) is 11.3 Å². The van der Waals surface area contributed by atoms with Crippen molar-refractivity contribution in [2.45, 2.75) is 19.9 Å². The molecule has 2 aromatic heterocycles. The van der Waals surface area contributed by atoms with Crippen LogP contribution in [0.15, 0.2) is 42.7 Å². The highest BCUT2D eigenvalue weighted by Gasteiger charge is 2.01. The molecule has 96 valence electrons. The first-order chi connectivity index (χ1) is 9.35. The topological polar surface area (TPSA) is 37.8 Å². The lowest BCUT2D eigenvalue weighted by atomic mass is 10.2. The molecule has 3 aromatic rings. The number of thiazole rings is 1. The van der Waals surface area contributed by atoms with E-state index in [2.05, 4.69) is 40.4 Å². The Morgan fingerprint density at radius 3 is 3.00 bits per heavy atom. The Balaban J connectivity index is 1.74. The van der Waals surface area contributed by atoms with Crippen molar-refractivity contribution in [1.82, 2.24) is 9.97 Å². The van der Waals surface area contributed by atoms with Gasteiger partial charge in [-0.05, 0) is 30.7 Å². The Morgan fingerprint density at radius 1 is 1.21 bits per heavy atom. The lowest BCUT2D eigenvalue weighted by molar-refractivity contribution is 1.09. The summed E-state index contributed by atoms with van der Waals surface area (Å²) in [4.78, 5) is 9.95. The maximum atomic E-state index is 4.37. The number of hydrogen-bond donors (Lipinski definition) is 1. The number of benzene rings is 1. The summed E-state index contributed by atoms with van der Waals surface area (Å²) in [6.45, 7) is 2.95. The van der Waals surface area contributed by atoms with Gasteiger partial charge in [0, 0.05) is 28.3 Å². The highest BCUT2D eigenvalue weighted by atomic mass is 32.1. The quantitative estimate of drug-likeness (QED) is 0.781. The van der Waals surface area contributed by atoms with E-state index in [9.17, 15) is 0 Å². The zero-order chi connectivity index (χ0) is 13.1. The normalized spacial score (nSPS) is 10.8. The molecule has 0 atom stereocenters. The highest BCUT2D eigenvalue weighted by molar-refractivity contribution is 7.11. The van der Waals surface area contributed by atoms with Crippen LogP contribution >= 0.6 is 11.3 Å². The average Bonchev–Trinajstić information content (AvgIpc) is 2.93. The lowest BCUT2D eigenvalue weighted by Gasteiger charge is -2.05. The summed E-state index contributed by atoms with van der Waals surface area (Å²) in [6.07, 6.45) is 4.78. The molecule has 0 aliphatic carbocycles. The summed E-state index contributed by atoms with van der Waals surface area (Å²) in [5, 5.41) is 5.79. The molecule has 0 bridgehead atoms. The highest BCUT2D eigenvalue weighted by Crippen LogP contribution is 2.19. The van der Waals surface area contributed by atoms with E-state index in [0.717, 1.165) is 29.6 Å². The number of nitrogens with zero attached hydrogens (tertiary/aromatic N) is 2. The van der Waals surface area contributed by atoms with Crippen LogP contribution in [0.2, 0.25) is 0 Å². The second-order valence-corrected chi connectivity index (χ2v) is 5.54. The fourth-order valence-electron chi connectivity index (χ4n) is 1.97. The van der Waals surface area contributed by atoms with Gasteiger partial charge in [-0.25, -0.2) is 4.98 Å². The molecule has 19 heavy (non-hydrogen) atoms. The van der Waals surface area contributed by atoms with E-state index < -0.39 is 0 Å². The molecule has 0 saturated heterocycles. The van der Waals surface area contributed by atoms with Gasteiger partial charge in [-0.1, -0.05) is 13.0 Å². The van der Waals surface area contributed by atoms with E-state index in [0.29, 0.717) is 0 Å². The molecule has 4 heteroatoms. The van der Waals surface area contributed by atoms with Gasteiger partial charge in [0.15, 0.2) is 0 Å². The van der Waals surface area contributed by atoms with Crippen molar-refractivity contribution >= 4 is 27.9 Å². The predicted molar refractivity (Wildman–Crippen MR) is 80.6 cm³/mol. The molecule has 1 aromatic carbocycles. The zero-order valence-electron chi connectivity index (χ0n) is 10.8. The summed E-state index contributed by atoms with van der Waals surface area (Å²) in [7, 11) is 0. The number of aryl methyl sites for hydroxylation is 1. The largest absolute Gasteiger partial charge is 0.380 e. The van der Waals surface area contributed by atoms with Crippen molar-refractivity contribution in [2.75, 3.05) is 5.32 Å². The van der Waals surface area contributed by atoms with Gasteiger partial charge in [0.05, 0.1) is 17.1 Å². The molecule has 0 aliphatic rings. The molecule has 0 fully saturated rings. The maximum absolute atomic E-state index is 4.37. The van der Waals surface area contributed by atoms with Gasteiger partial charge in [0.2, 0.25) is 0 Å². The van der Waals surface area contributed by atoms with Crippen molar-refractivity contribution in [3.63, 3.8) is 0 Å². The molecule has 0 saturated carbocycles. The molecule has 3 nitrogen and oxygen atoms in total. The van der Waals surface area contributed by atoms with Gasteiger partial charge in [0.1, 0.15) is 0 Å². The number of aromatic nitrogens is 2. The van der Waals surface area contributed by atoms with Crippen LogP contribution in [0.5, 0.6) is 0 Å². The minimum atomic E-state index is 0.823. The van der Waals surface area contributed by atoms with E-state index in [1.807, 2.05) is 24.5 Å². The summed E-state index contributed by atoms with van der Waals surface area (Å²) >= 11 is 1.77. The minimum Gasteiger partial charge on any atom is -0.380 e. The van der Waals surface area contributed by atoms with Crippen molar-refractivity contribution in [3.05, 3.63) is 52.6 Å². The van der Waals surface area contributed by atoms with Crippen LogP contribution in [0, 0.1) is 0 Å². The van der Waals surface area contributed by atoms with Crippen LogP contribution in [0.3, 0.4) is 0 Å². The Morgan fingerprint density at radius 2 is 2.16 bits per heavy atom. The van der Waals surface area contributed by atoms with Gasteiger partial charge in [-0.2, -0.15) is 0 Å². The first-order valence-corrected chi connectivity index (χ1v) is 7.19. The predicted octanol–water partition coefficient (Wildman–Crippen LogP) is 3.87. The third kappa shape index (κ3) is 2.74. The molecule has 0 amide bonds. The first kappa shape index (κ1) is 12.1. The van der Waals surface area contributed by atoms with E-state index in [1.165, 1.54) is 9.88 Å². The van der Waals surface area contributed by atoms with Crippen molar-refractivity contribution < 1.29 is 0 Å². The second kappa shape index (κ2) is 5.36. The molecular formula is C15H15N3S. The van der Waals surface area contributed by atoms with Crippen LogP contribution < -0.4 is 5.32 Å². The smallest absolute Gasteiger partial charge is 0.0925 e. The minimum absolute atomic E-state index is 0.823. The van der Waals surface area contributed by atoms with E-state index >= 15 is 0 Å². The number of hydrogen-bond acceptors (Lipinski definition) is 4. The molecule has 0 radical (unpaired) electrons. The SMILES string of the molecule is CCc1ncc(CNc2ccc3ncccc3c2)s1. The Hall–Kier alpha value is -1.94. The van der Waals surface area contributed by atoms with E-state index in [4.69, 9.17) is 0 Å². The van der Waals surface area contributed by atoms with Crippen LogP contribution in [-0.4, -0.2) is 9.97 Å². The second-order valence-electron chi connectivity index (χ2n) is 4.34. The van der Waals surface area contributed by atoms with Crippen LogP contribution in [0.4, 0.5) is 5.69 Å². The van der Waals surface area contributed by atoms with Gasteiger partial charge in [-0.15, -0.1) is 11.3 Å². The molecule has 0 aliphatic heterocycles. The third-order valence-corrected chi connectivity index (χ3v) is 4.12. The lowest BCUT2D eigenvalue weighted by Crippen LogP contribution is -1.97. The number of pyridine rings is 1. The monoisotopic (exact) mass is 269 g/mol. The van der Waals surface area contributed by atoms with Crippen LogP contribution in [-0.2, 0) is 13.0 Å². The third-order valence-electron chi connectivity index (χ3n) is 2.97. The molecule has 1 N–H and O–H groups in total. The number of anilines is 1. The van der Waals surface area contributed by atoms with Crippen LogP contribution in [0.1, 0.15) is 16.8 Å². The summed E-state index contributed by atoms with van der Waals surface area (Å²) in [5.41, 5.74) is 2.14. The standard InChI is InChI=1S/C15H15N3S/c1-2-15-18-10-13(19-15)9-17-12-5-6-14-11(8-12)4-3-7-16-14/h3-8,10,17H,2,9H2,1H3. The summed E-state index contributed by atoms with van der Waals surface area (Å²) in [5.74, 6) is 0. The molecule has 2 heterocycles. The molecule has 0 spiro atoms.